The Morgan fingerprint density at radius 3 is 2.64 bits per heavy atom. The van der Waals surface area contributed by atoms with Crippen molar-refractivity contribution in [1.82, 2.24) is 19.9 Å². The molecule has 0 aliphatic rings. The zero-order valence-electron chi connectivity index (χ0n) is 6.85. The second-order valence-electron chi connectivity index (χ2n) is 2.42. The van der Waals surface area contributed by atoms with Crippen molar-refractivity contribution in [2.45, 2.75) is 0 Å². The van der Waals surface area contributed by atoms with Crippen LogP contribution in [0.15, 0.2) is 24.7 Å². The van der Waals surface area contributed by atoms with Crippen molar-refractivity contribution in [2.24, 2.45) is 0 Å². The second-order valence-corrected chi connectivity index (χ2v) is 3.12. The standard InChI is InChI=1S/C8H4Cl2N4/c9-6-5(2-1-3-11-6)7-12-4-13-8(10)14-7/h1-4H. The first kappa shape index (κ1) is 9.30. The molecule has 4 nitrogen and oxygen atoms in total. The molecular formula is C8H4Cl2N4. The average molecular weight is 227 g/mol. The number of aromatic nitrogens is 4. The number of rotatable bonds is 1. The maximum Gasteiger partial charge on any atom is 0.225 e. The van der Waals surface area contributed by atoms with E-state index in [0.29, 0.717) is 16.5 Å². The molecule has 0 aliphatic heterocycles. The van der Waals surface area contributed by atoms with E-state index in [1.807, 2.05) is 0 Å². The van der Waals surface area contributed by atoms with Crippen LogP contribution in [0.2, 0.25) is 10.4 Å². The molecule has 0 atom stereocenters. The van der Waals surface area contributed by atoms with Crippen molar-refractivity contribution < 1.29 is 0 Å². The normalized spacial score (nSPS) is 10.1. The molecule has 0 amide bonds. The molecule has 0 saturated heterocycles. The summed E-state index contributed by atoms with van der Waals surface area (Å²) in [6.07, 6.45) is 2.92. The molecule has 2 rings (SSSR count). The minimum Gasteiger partial charge on any atom is -0.244 e. The highest BCUT2D eigenvalue weighted by Crippen LogP contribution is 2.21. The lowest BCUT2D eigenvalue weighted by atomic mass is 10.3. The maximum atomic E-state index is 5.86. The first-order valence-electron chi connectivity index (χ1n) is 3.73. The van der Waals surface area contributed by atoms with Gasteiger partial charge < -0.3 is 0 Å². The third-order valence-corrected chi connectivity index (χ3v) is 2.03. The molecule has 0 aromatic carbocycles. The minimum absolute atomic E-state index is 0.134. The number of pyridine rings is 1. The van der Waals surface area contributed by atoms with Crippen LogP contribution in [-0.4, -0.2) is 19.9 Å². The van der Waals surface area contributed by atoms with Gasteiger partial charge in [-0.3, -0.25) is 0 Å². The number of hydrogen-bond acceptors (Lipinski definition) is 4. The van der Waals surface area contributed by atoms with Crippen LogP contribution >= 0.6 is 23.2 Å². The molecule has 0 aliphatic carbocycles. The van der Waals surface area contributed by atoms with Gasteiger partial charge >= 0.3 is 0 Å². The van der Waals surface area contributed by atoms with E-state index < -0.39 is 0 Å². The fourth-order valence-electron chi connectivity index (χ4n) is 0.959. The van der Waals surface area contributed by atoms with Gasteiger partial charge in [0.05, 0.1) is 5.56 Å². The van der Waals surface area contributed by atoms with Gasteiger partial charge in [-0.05, 0) is 23.7 Å². The molecule has 6 heteroatoms. The van der Waals surface area contributed by atoms with Crippen molar-refractivity contribution >= 4 is 23.2 Å². The first-order valence-corrected chi connectivity index (χ1v) is 4.48. The second kappa shape index (κ2) is 3.86. The van der Waals surface area contributed by atoms with Crippen LogP contribution in [0.1, 0.15) is 0 Å². The Morgan fingerprint density at radius 1 is 1.07 bits per heavy atom. The van der Waals surface area contributed by atoms with Gasteiger partial charge in [-0.25, -0.2) is 15.0 Å². The van der Waals surface area contributed by atoms with E-state index in [1.165, 1.54) is 6.33 Å². The number of halogens is 2. The molecule has 0 spiro atoms. The van der Waals surface area contributed by atoms with Crippen LogP contribution in [0, 0.1) is 0 Å². The van der Waals surface area contributed by atoms with E-state index in [1.54, 1.807) is 18.3 Å². The topological polar surface area (TPSA) is 51.6 Å². The predicted octanol–water partition coefficient (Wildman–Crippen LogP) is 2.24. The molecule has 0 bridgehead atoms. The Labute approximate surface area is 90.0 Å². The van der Waals surface area contributed by atoms with Crippen molar-refractivity contribution in [2.75, 3.05) is 0 Å². The summed E-state index contributed by atoms with van der Waals surface area (Å²) in [4.78, 5) is 15.4. The van der Waals surface area contributed by atoms with Gasteiger partial charge in [-0.1, -0.05) is 11.6 Å². The van der Waals surface area contributed by atoms with E-state index in [2.05, 4.69) is 19.9 Å². The Hall–Kier alpha value is -1.26. The lowest BCUT2D eigenvalue weighted by Crippen LogP contribution is -1.92. The molecule has 0 fully saturated rings. The van der Waals surface area contributed by atoms with Gasteiger partial charge in [0.2, 0.25) is 5.28 Å². The van der Waals surface area contributed by atoms with Gasteiger partial charge in [0, 0.05) is 6.20 Å². The first-order chi connectivity index (χ1) is 6.77. The summed E-state index contributed by atoms with van der Waals surface area (Å²) >= 11 is 11.5. The number of hydrogen-bond donors (Lipinski definition) is 0. The monoisotopic (exact) mass is 226 g/mol. The molecule has 0 unspecified atom stereocenters. The van der Waals surface area contributed by atoms with Crippen molar-refractivity contribution in [1.29, 1.82) is 0 Å². The Morgan fingerprint density at radius 2 is 1.93 bits per heavy atom. The Kier molecular flexibility index (Phi) is 2.56. The summed E-state index contributed by atoms with van der Waals surface area (Å²) in [6, 6.07) is 3.51. The lowest BCUT2D eigenvalue weighted by Gasteiger charge is -2.00. The Balaban J connectivity index is 2.55. The van der Waals surface area contributed by atoms with Gasteiger partial charge in [-0.2, -0.15) is 4.98 Å². The zero-order valence-corrected chi connectivity index (χ0v) is 8.37. The van der Waals surface area contributed by atoms with Crippen LogP contribution in [0.5, 0.6) is 0 Å². The van der Waals surface area contributed by atoms with Gasteiger partial charge in [-0.15, -0.1) is 0 Å². The molecule has 70 valence electrons. The third kappa shape index (κ3) is 1.81. The van der Waals surface area contributed by atoms with E-state index in [9.17, 15) is 0 Å². The molecule has 2 aromatic rings. The summed E-state index contributed by atoms with van der Waals surface area (Å²) in [5.41, 5.74) is 0.637. The van der Waals surface area contributed by atoms with Crippen LogP contribution < -0.4 is 0 Å². The van der Waals surface area contributed by atoms with E-state index in [-0.39, 0.29) is 5.28 Å². The van der Waals surface area contributed by atoms with E-state index >= 15 is 0 Å². The lowest BCUT2D eigenvalue weighted by molar-refractivity contribution is 1.05. The van der Waals surface area contributed by atoms with Crippen LogP contribution in [0.4, 0.5) is 0 Å². The smallest absolute Gasteiger partial charge is 0.225 e. The summed E-state index contributed by atoms with van der Waals surface area (Å²) < 4.78 is 0. The largest absolute Gasteiger partial charge is 0.244 e. The predicted molar refractivity (Wildman–Crippen MR) is 53.1 cm³/mol. The minimum atomic E-state index is 0.134. The highest BCUT2D eigenvalue weighted by atomic mass is 35.5. The molecule has 14 heavy (non-hydrogen) atoms. The quantitative estimate of drug-likeness (QED) is 0.701. The molecular weight excluding hydrogens is 223 g/mol. The summed E-state index contributed by atoms with van der Waals surface area (Å²) in [6.45, 7) is 0. The van der Waals surface area contributed by atoms with Crippen molar-refractivity contribution in [3.8, 4) is 11.4 Å². The maximum absolute atomic E-state index is 5.86. The van der Waals surface area contributed by atoms with Gasteiger partial charge in [0.15, 0.2) is 5.82 Å². The summed E-state index contributed by atoms with van der Waals surface area (Å²) in [5.74, 6) is 0.420. The number of nitrogens with zero attached hydrogens (tertiary/aromatic N) is 4. The fraction of sp³-hybridized carbons (Fsp3) is 0. The summed E-state index contributed by atoms with van der Waals surface area (Å²) in [7, 11) is 0. The molecule has 0 N–H and O–H groups in total. The van der Waals surface area contributed by atoms with Crippen LogP contribution in [0.25, 0.3) is 11.4 Å². The third-order valence-electron chi connectivity index (χ3n) is 1.54. The van der Waals surface area contributed by atoms with Crippen LogP contribution in [0.3, 0.4) is 0 Å². The SMILES string of the molecule is Clc1ncnc(-c2cccnc2Cl)n1. The molecule has 2 heterocycles. The highest BCUT2D eigenvalue weighted by molar-refractivity contribution is 6.32. The Bertz CT molecular complexity index is 461. The molecule has 0 saturated carbocycles. The average Bonchev–Trinajstić information content (AvgIpc) is 2.18. The summed E-state index contributed by atoms with van der Waals surface area (Å²) in [5, 5.41) is 0.477. The van der Waals surface area contributed by atoms with Crippen LogP contribution in [-0.2, 0) is 0 Å². The van der Waals surface area contributed by atoms with Gasteiger partial charge in [0.25, 0.3) is 0 Å². The van der Waals surface area contributed by atoms with E-state index in [4.69, 9.17) is 23.2 Å². The molecule has 0 radical (unpaired) electrons. The highest BCUT2D eigenvalue weighted by Gasteiger charge is 2.06. The van der Waals surface area contributed by atoms with Crippen molar-refractivity contribution in [3.63, 3.8) is 0 Å². The molecule has 2 aromatic heterocycles. The van der Waals surface area contributed by atoms with Crippen molar-refractivity contribution in [3.05, 3.63) is 35.1 Å². The fourth-order valence-corrected chi connectivity index (χ4v) is 1.29. The van der Waals surface area contributed by atoms with Gasteiger partial charge in [0.1, 0.15) is 11.5 Å². The zero-order chi connectivity index (χ0) is 9.97. The van der Waals surface area contributed by atoms with E-state index in [0.717, 1.165) is 0 Å².